The number of rotatable bonds is 4. The monoisotopic (exact) mass is 765 g/mol. The van der Waals surface area contributed by atoms with Crippen molar-refractivity contribution in [2.75, 3.05) is 38.8 Å². The molecule has 8 atom stereocenters. The minimum atomic E-state index is -3.87. The zero-order chi connectivity index (χ0) is 37.7. The maximum Gasteiger partial charge on any atom is 0.286 e. The van der Waals surface area contributed by atoms with Crippen molar-refractivity contribution >= 4 is 39.0 Å². The first-order valence-electron chi connectivity index (χ1n) is 18.2. The number of nitrogens with one attached hydrogen (secondary N) is 1. The molecule has 1 spiro atoms. The molecule has 2 aromatic carbocycles. The van der Waals surface area contributed by atoms with E-state index in [0.717, 1.165) is 37.8 Å². The Morgan fingerprint density at radius 3 is 2.70 bits per heavy atom. The second kappa shape index (κ2) is 14.7. The molecule has 2 amide bonds. The first-order chi connectivity index (χ1) is 25.3. The Morgan fingerprint density at radius 1 is 1.15 bits per heavy atom. The van der Waals surface area contributed by atoms with Crippen LogP contribution < -0.4 is 19.1 Å². The van der Waals surface area contributed by atoms with Gasteiger partial charge in [-0.25, -0.2) is 4.21 Å². The summed E-state index contributed by atoms with van der Waals surface area (Å²) in [5, 5.41) is 15.3. The SMILES string of the molecule is COc1nn(C)cc1C(=O)NS1(=O)=NC(=O)c2ccc3c(c2)N(C[C@@H]2CC[C@H]2[C@@H](OC)/C=C\[C@H](O)[C@H](C)[C@H]1C)C[C@@]1(CCCc2cc(Cl)ccc21)CO3. The molecule has 4 aliphatic rings. The van der Waals surface area contributed by atoms with Crippen molar-refractivity contribution in [3.63, 3.8) is 0 Å². The van der Waals surface area contributed by atoms with Gasteiger partial charge >= 0.3 is 0 Å². The van der Waals surface area contributed by atoms with Gasteiger partial charge in [0.25, 0.3) is 11.8 Å². The van der Waals surface area contributed by atoms with E-state index in [2.05, 4.69) is 31.2 Å². The van der Waals surface area contributed by atoms with E-state index in [4.69, 9.17) is 25.8 Å². The smallest absolute Gasteiger partial charge is 0.286 e. The molecule has 3 aromatic rings. The Morgan fingerprint density at radius 2 is 1.96 bits per heavy atom. The maximum atomic E-state index is 14.9. The number of ether oxygens (including phenoxy) is 3. The van der Waals surface area contributed by atoms with Crippen molar-refractivity contribution in [1.82, 2.24) is 14.5 Å². The molecule has 2 aliphatic heterocycles. The van der Waals surface area contributed by atoms with Crippen LogP contribution in [0.25, 0.3) is 0 Å². The third-order valence-corrected chi connectivity index (χ3v) is 14.5. The van der Waals surface area contributed by atoms with E-state index in [0.29, 0.717) is 30.5 Å². The summed E-state index contributed by atoms with van der Waals surface area (Å²) in [6.07, 6.45) is 8.52. The van der Waals surface area contributed by atoms with Crippen molar-refractivity contribution in [2.24, 2.45) is 29.2 Å². The number of hydrogen-bond acceptors (Lipinski definition) is 9. The number of anilines is 1. The second-order valence-corrected chi connectivity index (χ2v) is 17.8. The molecule has 14 heteroatoms. The van der Waals surface area contributed by atoms with Crippen LogP contribution in [0.1, 0.15) is 71.4 Å². The molecule has 3 heterocycles. The van der Waals surface area contributed by atoms with Crippen LogP contribution in [-0.4, -0.2) is 82.3 Å². The van der Waals surface area contributed by atoms with Crippen LogP contribution in [0.3, 0.4) is 0 Å². The number of aromatic nitrogens is 2. The summed E-state index contributed by atoms with van der Waals surface area (Å²) in [5.74, 6) is -1.05. The minimum Gasteiger partial charge on any atom is -0.490 e. The van der Waals surface area contributed by atoms with Gasteiger partial charge in [-0.1, -0.05) is 36.7 Å². The number of fused-ring (bicyclic) bond motifs is 4. The molecule has 1 fully saturated rings. The lowest BCUT2D eigenvalue weighted by Gasteiger charge is -2.46. The van der Waals surface area contributed by atoms with Gasteiger partial charge in [-0.2, -0.15) is 0 Å². The van der Waals surface area contributed by atoms with E-state index in [1.807, 2.05) is 12.1 Å². The summed E-state index contributed by atoms with van der Waals surface area (Å²) >= 11 is 6.46. The topological polar surface area (TPSA) is 145 Å². The summed E-state index contributed by atoms with van der Waals surface area (Å²) in [4.78, 5) is 30.2. The predicted molar refractivity (Wildman–Crippen MR) is 203 cm³/mol. The lowest BCUT2D eigenvalue weighted by atomic mass is 9.68. The van der Waals surface area contributed by atoms with Gasteiger partial charge in [0.2, 0.25) is 5.88 Å². The van der Waals surface area contributed by atoms with Crippen molar-refractivity contribution in [2.45, 2.75) is 68.8 Å². The summed E-state index contributed by atoms with van der Waals surface area (Å²) in [5.41, 5.74) is 3.16. The first kappa shape index (κ1) is 37.4. The van der Waals surface area contributed by atoms with Gasteiger partial charge in [-0.15, -0.1) is 9.46 Å². The molecule has 7 rings (SSSR count). The number of hydrogen-bond donors (Lipinski definition) is 2. The number of methoxy groups -OCH3 is 2. The van der Waals surface area contributed by atoms with E-state index >= 15 is 0 Å². The standard InChI is InChI=1S/C39H48ClN5O7S/c1-23-24(2)53(49,43-37(48)30-20-44(3)41-38(30)51-5)42-36(47)26-9-14-35-32(18-26)45(19-27-8-11-29(27)34(50-4)15-13-33(23)46)21-39(22-52-35)16-6-7-25-17-28(40)10-12-31(25)39/h9-10,12-15,17-18,20,23-24,27,29,33-34,46H,6-8,11,16,19,21-22H2,1-5H3,(H,42,43,47,48,49)/b15-13-/t23-,24-,27+,29-,33+,34+,39+,53?/m1/s1. The van der Waals surface area contributed by atoms with Crippen LogP contribution in [0, 0.1) is 17.8 Å². The Balaban J connectivity index is 1.34. The normalized spacial score (nSPS) is 31.9. The van der Waals surface area contributed by atoms with Gasteiger partial charge in [0.1, 0.15) is 21.2 Å². The lowest BCUT2D eigenvalue weighted by Crippen LogP contribution is -2.49. The largest absolute Gasteiger partial charge is 0.490 e. The van der Waals surface area contributed by atoms with Gasteiger partial charge in [-0.05, 0) is 92.3 Å². The summed E-state index contributed by atoms with van der Waals surface area (Å²) in [6, 6.07) is 11.3. The molecule has 2 aliphatic carbocycles. The van der Waals surface area contributed by atoms with Crippen molar-refractivity contribution in [1.29, 1.82) is 0 Å². The maximum absolute atomic E-state index is 14.9. The molecule has 2 bridgehead atoms. The predicted octanol–water partition coefficient (Wildman–Crippen LogP) is 5.50. The zero-order valence-electron chi connectivity index (χ0n) is 30.8. The highest BCUT2D eigenvalue weighted by Crippen LogP contribution is 2.47. The number of aliphatic hydroxyl groups excluding tert-OH is 1. The second-order valence-electron chi connectivity index (χ2n) is 15.1. The third-order valence-electron chi connectivity index (χ3n) is 11.9. The average molecular weight is 766 g/mol. The number of carbonyl (C=O) groups excluding carboxylic acids is 2. The fourth-order valence-corrected chi connectivity index (χ4v) is 10.5. The van der Waals surface area contributed by atoms with Gasteiger partial charge in [0.15, 0.2) is 0 Å². The molecule has 0 saturated heterocycles. The number of nitrogens with zero attached hydrogens (tertiary/aromatic N) is 4. The lowest BCUT2D eigenvalue weighted by molar-refractivity contribution is 0.0124. The van der Waals surface area contributed by atoms with Crippen LogP contribution in [0.15, 0.2) is 59.1 Å². The van der Waals surface area contributed by atoms with E-state index in [1.165, 1.54) is 29.1 Å². The van der Waals surface area contributed by atoms with Gasteiger partial charge in [0, 0.05) is 55.4 Å². The number of amides is 2. The summed E-state index contributed by atoms with van der Waals surface area (Å²) in [6.45, 7) is 5.15. The molecule has 2 N–H and O–H groups in total. The number of carbonyl (C=O) groups is 2. The van der Waals surface area contributed by atoms with Crippen LogP contribution in [-0.2, 0) is 33.5 Å². The number of aryl methyl sites for hydroxylation is 2. The third kappa shape index (κ3) is 7.08. The molecule has 1 saturated carbocycles. The number of halogens is 1. The van der Waals surface area contributed by atoms with Crippen LogP contribution in [0.4, 0.5) is 5.69 Å². The number of benzene rings is 2. The van der Waals surface area contributed by atoms with Crippen LogP contribution >= 0.6 is 11.6 Å². The Hall–Kier alpha value is -3.91. The molecule has 1 aromatic heterocycles. The summed E-state index contributed by atoms with van der Waals surface area (Å²) in [7, 11) is 0.819. The molecule has 284 valence electrons. The Bertz CT molecular complexity index is 2060. The van der Waals surface area contributed by atoms with Gasteiger partial charge < -0.3 is 24.2 Å². The number of aliphatic hydroxyl groups is 1. The highest BCUT2D eigenvalue weighted by atomic mass is 35.5. The van der Waals surface area contributed by atoms with E-state index < -0.39 is 39.0 Å². The highest BCUT2D eigenvalue weighted by Gasteiger charge is 2.45. The fraction of sp³-hybridized carbons (Fsp3) is 0.513. The Labute approximate surface area is 316 Å². The molecule has 53 heavy (non-hydrogen) atoms. The molecule has 1 unspecified atom stereocenters. The van der Waals surface area contributed by atoms with E-state index in [-0.39, 0.29) is 40.4 Å². The molecular weight excluding hydrogens is 718 g/mol. The first-order valence-corrected chi connectivity index (χ1v) is 20.2. The molecule has 0 radical (unpaired) electrons. The van der Waals surface area contributed by atoms with Crippen LogP contribution in [0.2, 0.25) is 5.02 Å². The quantitative estimate of drug-likeness (QED) is 0.329. The van der Waals surface area contributed by atoms with Gasteiger partial charge in [0.05, 0.1) is 36.9 Å². The average Bonchev–Trinajstić information content (AvgIpc) is 3.45. The van der Waals surface area contributed by atoms with Crippen molar-refractivity contribution < 1.29 is 33.1 Å². The molecule has 12 nitrogen and oxygen atoms in total. The highest BCUT2D eigenvalue weighted by molar-refractivity contribution is 7.93. The van der Waals surface area contributed by atoms with Crippen molar-refractivity contribution in [3.05, 3.63) is 82.0 Å². The molecular formula is C39H48ClN5O7S. The minimum absolute atomic E-state index is 0.0309. The fourth-order valence-electron chi connectivity index (χ4n) is 8.48. The zero-order valence-corrected chi connectivity index (χ0v) is 32.4. The Kier molecular flexibility index (Phi) is 10.4. The van der Waals surface area contributed by atoms with Crippen molar-refractivity contribution in [3.8, 4) is 11.6 Å². The van der Waals surface area contributed by atoms with Crippen LogP contribution in [0.5, 0.6) is 11.6 Å². The van der Waals surface area contributed by atoms with Gasteiger partial charge in [-0.3, -0.25) is 19.0 Å². The summed E-state index contributed by atoms with van der Waals surface area (Å²) < 4.78 is 41.1. The van der Waals surface area contributed by atoms with E-state index in [9.17, 15) is 18.9 Å². The van der Waals surface area contributed by atoms with E-state index in [1.54, 1.807) is 52.3 Å².